The first-order valence-electron chi connectivity index (χ1n) is 7.71. The van der Waals surface area contributed by atoms with Crippen molar-refractivity contribution in [2.24, 2.45) is 0 Å². The summed E-state index contributed by atoms with van der Waals surface area (Å²) in [6.07, 6.45) is -4.53. The smallest absolute Gasteiger partial charge is 0.324 e. The number of hydrogen-bond donors (Lipinski definition) is 2. The predicted molar refractivity (Wildman–Crippen MR) is 105 cm³/mol. The van der Waals surface area contributed by atoms with Crippen LogP contribution in [0.25, 0.3) is 11.4 Å². The lowest BCUT2D eigenvalue weighted by Gasteiger charge is -2.11. The van der Waals surface area contributed by atoms with Gasteiger partial charge in [0.15, 0.2) is 5.82 Å². The summed E-state index contributed by atoms with van der Waals surface area (Å²) in [6, 6.07) is 10.2. The van der Waals surface area contributed by atoms with Gasteiger partial charge in [-0.3, -0.25) is 9.89 Å². The van der Waals surface area contributed by atoms with Crippen molar-refractivity contribution >= 4 is 50.9 Å². The lowest BCUT2D eigenvalue weighted by atomic mass is 10.2. The van der Waals surface area contributed by atoms with Crippen molar-refractivity contribution < 1.29 is 18.0 Å². The number of amides is 1. The van der Waals surface area contributed by atoms with Crippen LogP contribution in [0.15, 0.2) is 52.1 Å². The van der Waals surface area contributed by atoms with Crippen molar-refractivity contribution in [3.8, 4) is 11.4 Å². The lowest BCUT2D eigenvalue weighted by Crippen LogP contribution is -2.15. The fraction of sp³-hybridized carbons (Fsp3) is 0.118. The second-order valence-electron chi connectivity index (χ2n) is 5.48. The molecule has 0 fully saturated rings. The van der Waals surface area contributed by atoms with Gasteiger partial charge in [-0.2, -0.15) is 13.2 Å². The van der Waals surface area contributed by atoms with E-state index in [1.807, 2.05) is 24.3 Å². The molecule has 2 aromatic carbocycles. The summed E-state index contributed by atoms with van der Waals surface area (Å²) < 4.78 is 39.2. The van der Waals surface area contributed by atoms with Gasteiger partial charge in [0, 0.05) is 10.0 Å². The van der Waals surface area contributed by atoms with E-state index in [4.69, 9.17) is 11.6 Å². The van der Waals surface area contributed by atoms with Gasteiger partial charge in [0.25, 0.3) is 0 Å². The molecule has 0 unspecified atom stereocenters. The van der Waals surface area contributed by atoms with Crippen LogP contribution < -0.4 is 5.32 Å². The number of aromatic nitrogens is 3. The van der Waals surface area contributed by atoms with Crippen molar-refractivity contribution in [1.82, 2.24) is 15.2 Å². The second kappa shape index (κ2) is 8.54. The van der Waals surface area contributed by atoms with E-state index in [0.29, 0.717) is 11.0 Å². The number of halogens is 5. The number of carbonyl (C=O) groups is 1. The maximum atomic E-state index is 12.8. The van der Waals surface area contributed by atoms with Gasteiger partial charge in [0.1, 0.15) is 0 Å². The van der Waals surface area contributed by atoms with Crippen LogP contribution in [0.1, 0.15) is 5.56 Å². The third kappa shape index (κ3) is 5.06. The monoisotopic (exact) mass is 490 g/mol. The molecular weight excluding hydrogens is 481 g/mol. The van der Waals surface area contributed by atoms with Gasteiger partial charge < -0.3 is 5.32 Å². The van der Waals surface area contributed by atoms with Crippen LogP contribution in [0.4, 0.5) is 18.9 Å². The summed E-state index contributed by atoms with van der Waals surface area (Å²) in [4.78, 5) is 16.4. The molecule has 1 heterocycles. The molecule has 0 saturated carbocycles. The number of carbonyl (C=O) groups excluding carboxylic acids is 1. The van der Waals surface area contributed by atoms with Gasteiger partial charge in [0.2, 0.25) is 11.1 Å². The number of nitrogens with zero attached hydrogens (tertiary/aromatic N) is 2. The third-order valence-corrected chi connectivity index (χ3v) is 5.36. The SMILES string of the molecule is O=C(CSc1n[nH]c(-c2ccccc2Br)n1)Nc1cc(C(F)(F)F)ccc1Cl. The van der Waals surface area contributed by atoms with E-state index in [9.17, 15) is 18.0 Å². The Morgan fingerprint density at radius 1 is 1.25 bits per heavy atom. The highest BCUT2D eigenvalue weighted by atomic mass is 79.9. The van der Waals surface area contributed by atoms with E-state index in [1.165, 1.54) is 0 Å². The van der Waals surface area contributed by atoms with Crippen LogP contribution in [0.5, 0.6) is 0 Å². The van der Waals surface area contributed by atoms with Gasteiger partial charge >= 0.3 is 6.18 Å². The molecule has 2 N–H and O–H groups in total. The van der Waals surface area contributed by atoms with Gasteiger partial charge in [-0.15, -0.1) is 5.10 Å². The summed E-state index contributed by atoms with van der Waals surface area (Å²) in [6.45, 7) is 0. The maximum absolute atomic E-state index is 12.8. The van der Waals surface area contributed by atoms with Crippen LogP contribution in [-0.2, 0) is 11.0 Å². The zero-order valence-corrected chi connectivity index (χ0v) is 17.0. The molecule has 0 bridgehead atoms. The minimum Gasteiger partial charge on any atom is -0.324 e. The normalized spacial score (nSPS) is 11.5. The number of H-pyrrole nitrogens is 1. The molecule has 0 atom stereocenters. The summed E-state index contributed by atoms with van der Waals surface area (Å²) in [5, 5.41) is 9.53. The van der Waals surface area contributed by atoms with Gasteiger partial charge in [0.05, 0.1) is 22.0 Å². The molecule has 146 valence electrons. The van der Waals surface area contributed by atoms with Crippen LogP contribution in [0.3, 0.4) is 0 Å². The molecule has 0 spiro atoms. The number of alkyl halides is 3. The van der Waals surface area contributed by atoms with Crippen LogP contribution >= 0.6 is 39.3 Å². The molecule has 1 aromatic heterocycles. The average Bonchev–Trinajstić information content (AvgIpc) is 3.10. The maximum Gasteiger partial charge on any atom is 0.416 e. The Morgan fingerprint density at radius 3 is 2.71 bits per heavy atom. The molecule has 0 radical (unpaired) electrons. The van der Waals surface area contributed by atoms with E-state index in [-0.39, 0.29) is 16.5 Å². The number of anilines is 1. The van der Waals surface area contributed by atoms with E-state index < -0.39 is 17.6 Å². The Kier molecular flexibility index (Phi) is 6.31. The second-order valence-corrected chi connectivity index (χ2v) is 7.68. The third-order valence-electron chi connectivity index (χ3n) is 3.49. The number of nitrogens with one attached hydrogen (secondary N) is 2. The Hall–Kier alpha value is -2.04. The Bertz CT molecular complexity index is 1010. The number of benzene rings is 2. The first kappa shape index (κ1) is 20.7. The minimum atomic E-state index is -4.53. The first-order valence-corrected chi connectivity index (χ1v) is 9.86. The highest BCUT2D eigenvalue weighted by Gasteiger charge is 2.31. The molecule has 0 saturated heterocycles. The average molecular weight is 492 g/mol. The standard InChI is InChI=1S/C17H11BrClF3N4OS/c18-11-4-2-1-3-10(11)15-24-16(26-25-15)28-8-14(27)23-13-7-9(17(20,21)22)5-6-12(13)19/h1-7H,8H2,(H,23,27)(H,24,25,26). The van der Waals surface area contributed by atoms with Crippen LogP contribution in [-0.4, -0.2) is 26.8 Å². The summed E-state index contributed by atoms with van der Waals surface area (Å²) >= 11 is 10.3. The van der Waals surface area contributed by atoms with Crippen molar-refractivity contribution in [1.29, 1.82) is 0 Å². The van der Waals surface area contributed by atoms with Crippen molar-refractivity contribution in [3.05, 3.63) is 57.5 Å². The van der Waals surface area contributed by atoms with E-state index in [0.717, 1.165) is 40.0 Å². The molecule has 11 heteroatoms. The summed E-state index contributed by atoms with van der Waals surface area (Å²) in [7, 11) is 0. The number of rotatable bonds is 5. The molecule has 3 rings (SSSR count). The first-order chi connectivity index (χ1) is 13.2. The molecule has 3 aromatic rings. The highest BCUT2D eigenvalue weighted by Crippen LogP contribution is 2.34. The zero-order valence-electron chi connectivity index (χ0n) is 13.8. The van der Waals surface area contributed by atoms with E-state index in [2.05, 4.69) is 36.4 Å². The molecular formula is C17H11BrClF3N4OS. The molecule has 0 aliphatic heterocycles. The van der Waals surface area contributed by atoms with Crippen LogP contribution in [0, 0.1) is 0 Å². The van der Waals surface area contributed by atoms with Gasteiger partial charge in [-0.05, 0) is 24.3 Å². The number of thioether (sulfide) groups is 1. The van der Waals surface area contributed by atoms with Gasteiger partial charge in [-0.1, -0.05) is 57.5 Å². The van der Waals surface area contributed by atoms with Crippen molar-refractivity contribution in [2.75, 3.05) is 11.1 Å². The van der Waals surface area contributed by atoms with Crippen molar-refractivity contribution in [2.45, 2.75) is 11.3 Å². The lowest BCUT2D eigenvalue weighted by molar-refractivity contribution is -0.137. The Labute approximate surface area is 175 Å². The quantitative estimate of drug-likeness (QED) is 0.453. The molecule has 0 aliphatic rings. The Morgan fingerprint density at radius 2 is 2.00 bits per heavy atom. The fourth-order valence-corrected chi connectivity index (χ4v) is 3.43. The van der Waals surface area contributed by atoms with E-state index in [1.54, 1.807) is 0 Å². The highest BCUT2D eigenvalue weighted by molar-refractivity contribution is 9.10. The van der Waals surface area contributed by atoms with E-state index >= 15 is 0 Å². The molecule has 0 aliphatic carbocycles. The van der Waals surface area contributed by atoms with Gasteiger partial charge in [-0.25, -0.2) is 4.98 Å². The van der Waals surface area contributed by atoms with Crippen LogP contribution in [0.2, 0.25) is 5.02 Å². The molecule has 28 heavy (non-hydrogen) atoms. The largest absolute Gasteiger partial charge is 0.416 e. The van der Waals surface area contributed by atoms with Crippen molar-refractivity contribution in [3.63, 3.8) is 0 Å². The summed E-state index contributed by atoms with van der Waals surface area (Å²) in [5.74, 6) is -0.102. The molecule has 5 nitrogen and oxygen atoms in total. The minimum absolute atomic E-state index is 0.0143. The predicted octanol–water partition coefficient (Wildman–Crippen LogP) is 5.64. The zero-order chi connectivity index (χ0) is 20.3. The topological polar surface area (TPSA) is 70.7 Å². The molecule has 1 amide bonds. The Balaban J connectivity index is 1.63. The summed E-state index contributed by atoms with van der Waals surface area (Å²) in [5.41, 5.74) is -0.195. The number of hydrogen-bond acceptors (Lipinski definition) is 4. The fourth-order valence-electron chi connectivity index (χ4n) is 2.20. The number of aromatic amines is 1.